The van der Waals surface area contributed by atoms with E-state index >= 15 is 0 Å². The van der Waals surface area contributed by atoms with Gasteiger partial charge in [0.1, 0.15) is 26.3 Å². The second kappa shape index (κ2) is 10.8. The normalized spacial score (nSPS) is 12.8. The number of hydrogen-bond acceptors (Lipinski definition) is 10. The van der Waals surface area contributed by atoms with Crippen LogP contribution in [0.15, 0.2) is 73.4 Å². The Hall–Kier alpha value is -3.16. The molecule has 0 spiro atoms. The zero-order valence-electron chi connectivity index (χ0n) is 18.6. The number of carbonyl (C=O) groups is 1. The number of nitrogens with zero attached hydrogens (tertiary/aromatic N) is 2. The molecule has 196 valence electrons. The molecule has 0 aliphatic rings. The summed E-state index contributed by atoms with van der Waals surface area (Å²) in [6.07, 6.45) is 0. The Morgan fingerprint density at radius 1 is 0.889 bits per heavy atom. The lowest BCUT2D eigenvalue weighted by Gasteiger charge is -2.20. The maximum Gasteiger partial charge on any atom is 0.316 e. The van der Waals surface area contributed by atoms with Gasteiger partial charge in [0.15, 0.2) is 0 Å². The van der Waals surface area contributed by atoms with E-state index in [2.05, 4.69) is 15.5 Å². The summed E-state index contributed by atoms with van der Waals surface area (Å²) in [6.45, 7) is 1.95. The number of carbonyl (C=O) groups excluding carboxylic acids is 1. The average Bonchev–Trinajstić information content (AvgIpc) is 2.70. The van der Waals surface area contributed by atoms with Gasteiger partial charge in [0.2, 0.25) is 0 Å². The third-order valence-corrected chi connectivity index (χ3v) is 6.98. The fourth-order valence-electron chi connectivity index (χ4n) is 2.95. The van der Waals surface area contributed by atoms with Crippen LogP contribution in [0, 0.1) is 6.92 Å². The minimum atomic E-state index is -4.90. The van der Waals surface area contributed by atoms with Crippen LogP contribution < -0.4 is 11.1 Å². The first-order chi connectivity index (χ1) is 16.4. The molecule has 0 fully saturated rings. The van der Waals surface area contributed by atoms with Crippen molar-refractivity contribution in [2.75, 3.05) is 12.4 Å². The molecule has 3 aromatic carbocycles. The number of amides is 2. The third kappa shape index (κ3) is 7.67. The van der Waals surface area contributed by atoms with Gasteiger partial charge < -0.3 is 24.7 Å². The van der Waals surface area contributed by atoms with Crippen LogP contribution in [0.3, 0.4) is 0 Å². The molecular formula is C19H22N4O10S3. The van der Waals surface area contributed by atoms with Crippen LogP contribution in [-0.4, -0.2) is 52.7 Å². The number of rotatable bonds is 5. The van der Waals surface area contributed by atoms with Crippen molar-refractivity contribution in [2.24, 2.45) is 16.0 Å². The summed E-state index contributed by atoms with van der Waals surface area (Å²) in [5.74, 6) is 0. The van der Waals surface area contributed by atoms with E-state index in [9.17, 15) is 44.4 Å². The summed E-state index contributed by atoms with van der Waals surface area (Å²) in [5, 5.41) is 8.85. The predicted molar refractivity (Wildman–Crippen MR) is 132 cm³/mol. The van der Waals surface area contributed by atoms with E-state index < -0.39 is 57.5 Å². The lowest BCUT2D eigenvalue weighted by Crippen LogP contribution is -2.19. The van der Waals surface area contributed by atoms with Crippen LogP contribution in [-0.2, 0) is 20.2 Å². The molecule has 2 amide bonds. The molecule has 0 radical (unpaired) electrons. The number of benzene rings is 3. The number of urea groups is 1. The monoisotopic (exact) mass is 562 g/mol. The van der Waals surface area contributed by atoms with E-state index in [1.165, 1.54) is 7.05 Å². The molecule has 36 heavy (non-hydrogen) atoms. The highest BCUT2D eigenvalue weighted by Crippen LogP contribution is 2.46. The summed E-state index contributed by atoms with van der Waals surface area (Å²) in [5.41, 5.74) is 6.34. The molecule has 0 atom stereocenters. The average molecular weight is 563 g/mol. The molecule has 0 aliphatic carbocycles. The summed E-state index contributed by atoms with van der Waals surface area (Å²) in [6, 6.07) is 10.1. The van der Waals surface area contributed by atoms with Crippen LogP contribution in [0.5, 0.6) is 0 Å². The second-order valence-corrected chi connectivity index (χ2v) is 11.4. The van der Waals surface area contributed by atoms with Crippen LogP contribution >= 0.6 is 10.9 Å². The van der Waals surface area contributed by atoms with Gasteiger partial charge in [0.25, 0.3) is 20.2 Å². The minimum absolute atomic E-state index is 0.234. The Kier molecular flexibility index (Phi) is 8.76. The van der Waals surface area contributed by atoms with Gasteiger partial charge in [-0.25, -0.2) is 4.79 Å². The molecule has 17 heteroatoms. The van der Waals surface area contributed by atoms with E-state index in [1.54, 1.807) is 6.07 Å². The van der Waals surface area contributed by atoms with E-state index in [0.717, 1.165) is 29.4 Å². The molecule has 3 rings (SSSR count). The summed E-state index contributed by atoms with van der Waals surface area (Å²) in [4.78, 5) is 8.14. The number of fused-ring (bicyclic) bond motifs is 1. The van der Waals surface area contributed by atoms with Gasteiger partial charge in [-0.3, -0.25) is 9.11 Å². The molecule has 0 aromatic heterocycles. The maximum atomic E-state index is 11.6. The molecule has 14 nitrogen and oxygen atoms in total. The lowest BCUT2D eigenvalue weighted by molar-refractivity contribution is 0.259. The minimum Gasteiger partial charge on any atom is -0.351 e. The summed E-state index contributed by atoms with van der Waals surface area (Å²) in [7, 11) is -12.9. The number of nitrogens with one attached hydrogen (secondary N) is 1. The molecule has 3 aromatic rings. The zero-order chi connectivity index (χ0) is 27.5. The third-order valence-electron chi connectivity index (χ3n) is 4.33. The molecule has 0 aliphatic heterocycles. The Labute approximate surface area is 207 Å². The number of hydrogen-bond donors (Lipinski definition) is 7. The van der Waals surface area contributed by atoms with E-state index in [4.69, 9.17) is 5.73 Å². The van der Waals surface area contributed by atoms with Crippen molar-refractivity contribution in [1.82, 2.24) is 0 Å². The summed E-state index contributed by atoms with van der Waals surface area (Å²) < 4.78 is 92.7. The smallest absolute Gasteiger partial charge is 0.316 e. The highest BCUT2D eigenvalue weighted by Gasteiger charge is 2.25. The van der Waals surface area contributed by atoms with Crippen molar-refractivity contribution < 1.29 is 44.4 Å². The molecule has 0 unspecified atom stereocenters. The van der Waals surface area contributed by atoms with Crippen molar-refractivity contribution >= 4 is 59.3 Å². The Bertz CT molecular complexity index is 1550. The molecule has 0 saturated carbocycles. The van der Waals surface area contributed by atoms with Gasteiger partial charge in [0.05, 0.1) is 4.90 Å². The molecule has 0 heterocycles. The first-order valence-corrected chi connectivity index (χ1v) is 13.8. The zero-order valence-corrected chi connectivity index (χ0v) is 21.0. The second-order valence-electron chi connectivity index (χ2n) is 7.09. The number of anilines is 1. The Balaban J connectivity index is 0.000000346. The fourth-order valence-corrected chi connectivity index (χ4v) is 4.95. The summed E-state index contributed by atoms with van der Waals surface area (Å²) >= 11 is 0. The number of azo groups is 1. The van der Waals surface area contributed by atoms with Crippen molar-refractivity contribution in [3.63, 3.8) is 0 Å². The van der Waals surface area contributed by atoms with Crippen LogP contribution in [0.4, 0.5) is 16.2 Å². The largest absolute Gasteiger partial charge is 0.351 e. The number of nitrogens with two attached hydrogens (primary N) is 1. The predicted octanol–water partition coefficient (Wildman–Crippen LogP) is 4.11. The SMILES string of the molecule is CN=Nc1cc2c(S(=O)(=O)O)cc(S(O)(O)O)cc2cc1S(=O)(=O)O.Cc1cccc(NC(N)=O)c1. The van der Waals surface area contributed by atoms with Crippen molar-refractivity contribution in [2.45, 2.75) is 21.6 Å². The standard InChI is InChI=1S/C11H12N2O9S3.C8H10N2O/c1-12-13-9-5-8-6(3-11(9)25(20,21)22)2-7(23(14,15)16)4-10(8)24(17,18)19;1-6-3-2-4-7(5-6)10-8(9)11/h2-5,14-16H,1H3,(H,17,18,19)(H,20,21,22);2-5H,1H3,(H3,9,10,11). The maximum absolute atomic E-state index is 11.6. The van der Waals surface area contributed by atoms with E-state index in [-0.39, 0.29) is 10.8 Å². The van der Waals surface area contributed by atoms with Gasteiger partial charge in [-0.2, -0.15) is 27.1 Å². The van der Waals surface area contributed by atoms with Crippen LogP contribution in [0.1, 0.15) is 5.56 Å². The molecule has 0 saturated heterocycles. The number of aryl methyl sites for hydroxylation is 1. The Morgan fingerprint density at radius 2 is 1.50 bits per heavy atom. The fraction of sp³-hybridized carbons (Fsp3) is 0.105. The highest BCUT2D eigenvalue weighted by molar-refractivity contribution is 8.19. The van der Waals surface area contributed by atoms with E-state index in [1.807, 2.05) is 25.1 Å². The number of primary amides is 1. The lowest BCUT2D eigenvalue weighted by atomic mass is 10.1. The van der Waals surface area contributed by atoms with Gasteiger partial charge >= 0.3 is 6.03 Å². The molecule has 0 bridgehead atoms. The van der Waals surface area contributed by atoms with Gasteiger partial charge in [0, 0.05) is 18.1 Å². The molecular weight excluding hydrogens is 540 g/mol. The van der Waals surface area contributed by atoms with Crippen molar-refractivity contribution in [3.8, 4) is 0 Å². The van der Waals surface area contributed by atoms with Gasteiger partial charge in [-0.1, -0.05) is 12.1 Å². The first-order valence-electron chi connectivity index (χ1n) is 9.44. The van der Waals surface area contributed by atoms with Crippen LogP contribution in [0.25, 0.3) is 10.8 Å². The van der Waals surface area contributed by atoms with Gasteiger partial charge in [-0.15, -0.1) is 0 Å². The Morgan fingerprint density at radius 3 is 1.97 bits per heavy atom. The van der Waals surface area contributed by atoms with Crippen molar-refractivity contribution in [1.29, 1.82) is 0 Å². The van der Waals surface area contributed by atoms with Gasteiger partial charge in [-0.05, 0) is 54.3 Å². The highest BCUT2D eigenvalue weighted by atomic mass is 32.3. The van der Waals surface area contributed by atoms with Crippen LogP contribution in [0.2, 0.25) is 0 Å². The quantitative estimate of drug-likeness (QED) is 0.173. The van der Waals surface area contributed by atoms with E-state index in [0.29, 0.717) is 6.07 Å². The topological polar surface area (TPSA) is 249 Å². The molecule has 8 N–H and O–H groups in total. The van der Waals surface area contributed by atoms with Crippen molar-refractivity contribution in [3.05, 3.63) is 54.1 Å². The first kappa shape index (κ1) is 29.1.